The van der Waals surface area contributed by atoms with E-state index in [1.54, 1.807) is 0 Å². The molecule has 0 spiro atoms. The second-order valence-electron chi connectivity index (χ2n) is 4.49. The van der Waals surface area contributed by atoms with E-state index >= 15 is 0 Å². The molecule has 0 aliphatic heterocycles. The van der Waals surface area contributed by atoms with Gasteiger partial charge in [0.2, 0.25) is 0 Å². The third-order valence-electron chi connectivity index (χ3n) is 2.84. The van der Waals surface area contributed by atoms with Gasteiger partial charge in [0.25, 0.3) is 0 Å². The average molecular weight is 377 g/mol. The van der Waals surface area contributed by atoms with Crippen LogP contribution in [0.25, 0.3) is 0 Å². The summed E-state index contributed by atoms with van der Waals surface area (Å²) in [4.78, 5) is 0. The molecule has 0 radical (unpaired) electrons. The number of ether oxygens (including phenoxy) is 4. The van der Waals surface area contributed by atoms with Gasteiger partial charge < -0.3 is 24.1 Å². The zero-order chi connectivity index (χ0) is 15.9. The summed E-state index contributed by atoms with van der Waals surface area (Å²) >= 11 is 3.47. The van der Waals surface area contributed by atoms with Crippen LogP contribution in [-0.4, -0.2) is 63.3 Å². The second-order valence-corrected chi connectivity index (χ2v) is 5.13. The van der Waals surface area contributed by atoms with Crippen molar-refractivity contribution in [3.8, 4) is 0 Å². The number of benzene rings is 1. The van der Waals surface area contributed by atoms with Crippen LogP contribution in [0.1, 0.15) is 11.7 Å². The van der Waals surface area contributed by atoms with Gasteiger partial charge in [-0.2, -0.15) is 0 Å². The van der Waals surface area contributed by atoms with E-state index in [9.17, 15) is 0 Å². The summed E-state index contributed by atoms with van der Waals surface area (Å²) in [5.74, 6) is 0. The van der Waals surface area contributed by atoms with Gasteiger partial charge in [-0.25, -0.2) is 0 Å². The fraction of sp³-hybridized carbons (Fsp3) is 0.625. The molecular formula is C16H25BrO5. The Morgan fingerprint density at radius 2 is 1.36 bits per heavy atom. The molecule has 126 valence electrons. The summed E-state index contributed by atoms with van der Waals surface area (Å²) < 4.78 is 21.6. The van der Waals surface area contributed by atoms with Crippen molar-refractivity contribution in [2.75, 3.05) is 58.2 Å². The third kappa shape index (κ3) is 9.50. The van der Waals surface area contributed by atoms with Crippen LogP contribution in [0.5, 0.6) is 0 Å². The Morgan fingerprint density at radius 3 is 1.91 bits per heavy atom. The minimum atomic E-state index is 0.0431. The van der Waals surface area contributed by atoms with Crippen molar-refractivity contribution in [3.63, 3.8) is 0 Å². The van der Waals surface area contributed by atoms with Crippen LogP contribution in [-0.2, 0) is 18.9 Å². The monoisotopic (exact) mass is 376 g/mol. The molecule has 0 aromatic heterocycles. The topological polar surface area (TPSA) is 57.2 Å². The van der Waals surface area contributed by atoms with Crippen molar-refractivity contribution in [2.45, 2.75) is 6.10 Å². The molecule has 22 heavy (non-hydrogen) atoms. The highest BCUT2D eigenvalue weighted by Crippen LogP contribution is 2.18. The van der Waals surface area contributed by atoms with Crippen molar-refractivity contribution in [2.24, 2.45) is 0 Å². The van der Waals surface area contributed by atoms with E-state index in [-0.39, 0.29) is 12.7 Å². The molecule has 1 unspecified atom stereocenters. The van der Waals surface area contributed by atoms with Crippen molar-refractivity contribution in [3.05, 3.63) is 35.9 Å². The molecule has 6 heteroatoms. The lowest BCUT2D eigenvalue weighted by atomic mass is 10.1. The predicted octanol–water partition coefficient (Wildman–Crippen LogP) is 2.18. The minimum absolute atomic E-state index is 0.0431. The van der Waals surface area contributed by atoms with E-state index in [1.807, 2.05) is 18.2 Å². The maximum atomic E-state index is 8.52. The summed E-state index contributed by atoms with van der Waals surface area (Å²) in [5, 5.41) is 9.28. The Bertz CT molecular complexity index is 350. The molecule has 1 N–H and O–H groups in total. The highest BCUT2D eigenvalue weighted by Gasteiger charge is 2.09. The number of aliphatic hydroxyl groups excluding tert-OH is 1. The van der Waals surface area contributed by atoms with Crippen molar-refractivity contribution >= 4 is 15.9 Å². The van der Waals surface area contributed by atoms with E-state index < -0.39 is 0 Å². The number of hydrogen-bond acceptors (Lipinski definition) is 5. The van der Waals surface area contributed by atoms with Gasteiger partial charge in [0.1, 0.15) is 0 Å². The molecule has 0 bridgehead atoms. The lowest BCUT2D eigenvalue weighted by Crippen LogP contribution is -2.14. The van der Waals surface area contributed by atoms with Crippen molar-refractivity contribution in [1.29, 1.82) is 0 Å². The van der Waals surface area contributed by atoms with Crippen LogP contribution in [0.2, 0.25) is 0 Å². The molecule has 0 aliphatic rings. The van der Waals surface area contributed by atoms with Gasteiger partial charge in [-0.3, -0.25) is 0 Å². The van der Waals surface area contributed by atoms with Gasteiger partial charge in [-0.1, -0.05) is 46.3 Å². The lowest BCUT2D eigenvalue weighted by Gasteiger charge is -2.15. The van der Waals surface area contributed by atoms with Crippen LogP contribution >= 0.6 is 15.9 Å². The predicted molar refractivity (Wildman–Crippen MR) is 88.5 cm³/mol. The first-order valence-corrected chi connectivity index (χ1v) is 8.57. The van der Waals surface area contributed by atoms with Crippen molar-refractivity contribution < 1.29 is 24.1 Å². The molecular weight excluding hydrogens is 352 g/mol. The Labute approximate surface area is 140 Å². The number of aliphatic hydroxyl groups is 1. The summed E-state index contributed by atoms with van der Waals surface area (Å²) in [7, 11) is 0. The van der Waals surface area contributed by atoms with E-state index in [0.29, 0.717) is 46.2 Å². The Balaban J connectivity index is 1.94. The summed E-state index contributed by atoms with van der Waals surface area (Å²) in [6, 6.07) is 10.1. The Hall–Kier alpha value is -0.500. The third-order valence-corrected chi connectivity index (χ3v) is 3.43. The van der Waals surface area contributed by atoms with Crippen LogP contribution in [0.4, 0.5) is 0 Å². The van der Waals surface area contributed by atoms with Crippen LogP contribution < -0.4 is 0 Å². The first kappa shape index (κ1) is 19.5. The van der Waals surface area contributed by atoms with Crippen molar-refractivity contribution in [1.82, 2.24) is 0 Å². The Morgan fingerprint density at radius 1 is 0.818 bits per heavy atom. The quantitative estimate of drug-likeness (QED) is 0.398. The Kier molecular flexibility index (Phi) is 12.5. The van der Waals surface area contributed by atoms with E-state index in [0.717, 1.165) is 10.9 Å². The number of rotatable bonds is 14. The first-order valence-electron chi connectivity index (χ1n) is 7.45. The first-order chi connectivity index (χ1) is 10.9. The highest BCUT2D eigenvalue weighted by molar-refractivity contribution is 9.09. The van der Waals surface area contributed by atoms with Gasteiger partial charge >= 0.3 is 0 Å². The molecule has 0 aliphatic carbocycles. The van der Waals surface area contributed by atoms with Crippen LogP contribution in [0, 0.1) is 0 Å². The van der Waals surface area contributed by atoms with E-state index in [1.165, 1.54) is 0 Å². The van der Waals surface area contributed by atoms with Gasteiger partial charge in [0.05, 0.1) is 59.0 Å². The standard InChI is InChI=1S/C16H25BrO5/c17-14-16(15-4-2-1-3-5-15)22-13-12-21-11-10-20-9-8-19-7-6-18/h1-5,16,18H,6-14H2. The zero-order valence-electron chi connectivity index (χ0n) is 12.8. The van der Waals surface area contributed by atoms with Gasteiger partial charge in [-0.15, -0.1) is 0 Å². The SMILES string of the molecule is OCCOCCOCCOCCOC(CBr)c1ccccc1. The van der Waals surface area contributed by atoms with Crippen LogP contribution in [0.3, 0.4) is 0 Å². The number of hydrogen-bond donors (Lipinski definition) is 1. The molecule has 1 aromatic carbocycles. The number of halogens is 1. The smallest absolute Gasteiger partial charge is 0.0922 e. The molecule has 0 fully saturated rings. The van der Waals surface area contributed by atoms with Gasteiger partial charge in [0, 0.05) is 5.33 Å². The average Bonchev–Trinajstić information content (AvgIpc) is 2.57. The number of alkyl halides is 1. The lowest BCUT2D eigenvalue weighted by molar-refractivity contribution is -0.0164. The zero-order valence-corrected chi connectivity index (χ0v) is 14.4. The fourth-order valence-corrected chi connectivity index (χ4v) is 2.31. The molecule has 0 heterocycles. The van der Waals surface area contributed by atoms with E-state index in [2.05, 4.69) is 28.1 Å². The largest absolute Gasteiger partial charge is 0.394 e. The maximum absolute atomic E-state index is 8.52. The summed E-state index contributed by atoms with van der Waals surface area (Å²) in [6.07, 6.45) is 0.0460. The summed E-state index contributed by atoms with van der Waals surface area (Å²) in [5.41, 5.74) is 1.16. The molecule has 1 rings (SSSR count). The van der Waals surface area contributed by atoms with Crippen LogP contribution in [0.15, 0.2) is 30.3 Å². The summed E-state index contributed by atoms with van der Waals surface area (Å²) in [6.45, 7) is 3.56. The van der Waals surface area contributed by atoms with E-state index in [4.69, 9.17) is 24.1 Å². The fourth-order valence-electron chi connectivity index (χ4n) is 1.75. The molecule has 1 atom stereocenters. The molecule has 1 aromatic rings. The maximum Gasteiger partial charge on any atom is 0.0922 e. The normalized spacial score (nSPS) is 12.5. The minimum Gasteiger partial charge on any atom is -0.394 e. The molecule has 0 saturated carbocycles. The second kappa shape index (κ2) is 14.1. The molecule has 5 nitrogen and oxygen atoms in total. The van der Waals surface area contributed by atoms with Gasteiger partial charge in [-0.05, 0) is 5.56 Å². The molecule has 0 amide bonds. The highest BCUT2D eigenvalue weighted by atomic mass is 79.9. The molecule has 0 saturated heterocycles. The van der Waals surface area contributed by atoms with Gasteiger partial charge in [0.15, 0.2) is 0 Å².